The lowest BCUT2D eigenvalue weighted by atomic mass is 9.96. The minimum Gasteiger partial charge on any atom is -0.453 e. The highest BCUT2D eigenvalue weighted by Crippen LogP contribution is 2.23. The number of carbonyl (C=O) groups is 2. The van der Waals surface area contributed by atoms with E-state index in [-0.39, 0.29) is 5.56 Å². The Labute approximate surface area is 132 Å². The molecule has 8 heteroatoms. The molecule has 1 aromatic carbocycles. The largest absolute Gasteiger partial charge is 0.453 e. The lowest BCUT2D eigenvalue weighted by molar-refractivity contribution is -0.253. The lowest BCUT2D eigenvalue weighted by Gasteiger charge is -2.41. The van der Waals surface area contributed by atoms with Gasteiger partial charge >= 0.3 is 5.97 Å². The molecule has 1 saturated heterocycles. The van der Waals surface area contributed by atoms with E-state index in [9.17, 15) is 24.9 Å². The van der Waals surface area contributed by atoms with Crippen LogP contribution in [0.15, 0.2) is 30.3 Å². The first-order valence-corrected chi connectivity index (χ1v) is 7.09. The van der Waals surface area contributed by atoms with Gasteiger partial charge < -0.3 is 30.1 Å². The molecular weight excluding hydrogens is 306 g/mol. The molecule has 1 aliphatic rings. The Bertz CT molecular complexity index is 550. The standard InChI is InChI=1S/C15H19NO7/c1-8(18)16-11-13(12(19)10(7-17)22-15(11)21)23-14(20)9-5-3-2-4-6-9/h2-6,10-13,15,17,19,21H,7H2,1H3,(H,16,18)/t10-,11-,12+,13-,15-/m0/s1. The van der Waals surface area contributed by atoms with Gasteiger partial charge in [-0.25, -0.2) is 4.79 Å². The molecule has 0 spiro atoms. The number of amides is 1. The summed E-state index contributed by atoms with van der Waals surface area (Å²) < 4.78 is 10.3. The van der Waals surface area contributed by atoms with E-state index in [1.807, 2.05) is 0 Å². The lowest BCUT2D eigenvalue weighted by Crippen LogP contribution is -2.65. The van der Waals surface area contributed by atoms with Crippen LogP contribution in [0.1, 0.15) is 17.3 Å². The highest BCUT2D eigenvalue weighted by molar-refractivity contribution is 5.89. The van der Waals surface area contributed by atoms with Crippen LogP contribution < -0.4 is 5.32 Å². The minimum absolute atomic E-state index is 0.253. The van der Waals surface area contributed by atoms with Crippen molar-refractivity contribution in [2.75, 3.05) is 6.61 Å². The van der Waals surface area contributed by atoms with Crippen molar-refractivity contribution in [2.24, 2.45) is 0 Å². The minimum atomic E-state index is -1.53. The van der Waals surface area contributed by atoms with Crippen molar-refractivity contribution in [3.8, 4) is 0 Å². The van der Waals surface area contributed by atoms with Crippen molar-refractivity contribution in [1.82, 2.24) is 5.32 Å². The number of hydrogen-bond acceptors (Lipinski definition) is 7. The number of ether oxygens (including phenoxy) is 2. The van der Waals surface area contributed by atoms with Crippen LogP contribution in [-0.4, -0.2) is 64.4 Å². The molecule has 5 atom stereocenters. The van der Waals surface area contributed by atoms with Gasteiger partial charge in [0, 0.05) is 6.92 Å². The van der Waals surface area contributed by atoms with Crippen molar-refractivity contribution in [3.63, 3.8) is 0 Å². The molecule has 0 bridgehead atoms. The fraction of sp³-hybridized carbons (Fsp3) is 0.467. The number of aliphatic hydroxyl groups is 3. The Morgan fingerprint density at radius 3 is 2.48 bits per heavy atom. The highest BCUT2D eigenvalue weighted by atomic mass is 16.6. The van der Waals surface area contributed by atoms with Crippen LogP contribution >= 0.6 is 0 Å². The average Bonchev–Trinajstić information content (AvgIpc) is 2.54. The first kappa shape index (κ1) is 17.4. The second kappa shape index (κ2) is 7.51. The molecule has 126 valence electrons. The summed E-state index contributed by atoms with van der Waals surface area (Å²) in [5, 5.41) is 31.7. The van der Waals surface area contributed by atoms with E-state index < -0.39 is 49.1 Å². The van der Waals surface area contributed by atoms with Crippen LogP contribution in [0.25, 0.3) is 0 Å². The fourth-order valence-electron chi connectivity index (χ4n) is 2.38. The van der Waals surface area contributed by atoms with Crippen LogP contribution in [0.4, 0.5) is 0 Å². The predicted octanol–water partition coefficient (Wildman–Crippen LogP) is -1.21. The smallest absolute Gasteiger partial charge is 0.338 e. The molecule has 1 fully saturated rings. The molecule has 8 nitrogen and oxygen atoms in total. The molecule has 0 unspecified atom stereocenters. The molecule has 0 aromatic heterocycles. The number of carbonyl (C=O) groups excluding carboxylic acids is 2. The molecule has 4 N–H and O–H groups in total. The zero-order chi connectivity index (χ0) is 17.0. The van der Waals surface area contributed by atoms with Crippen LogP contribution in [0.5, 0.6) is 0 Å². The zero-order valence-electron chi connectivity index (χ0n) is 12.5. The van der Waals surface area contributed by atoms with Gasteiger partial charge in [0.25, 0.3) is 0 Å². The van der Waals surface area contributed by atoms with Gasteiger partial charge in [0.05, 0.1) is 12.2 Å². The number of rotatable bonds is 4. The molecule has 1 heterocycles. The molecule has 0 saturated carbocycles. The van der Waals surface area contributed by atoms with E-state index in [1.165, 1.54) is 19.1 Å². The van der Waals surface area contributed by atoms with Gasteiger partial charge in [0.2, 0.25) is 5.91 Å². The monoisotopic (exact) mass is 325 g/mol. The van der Waals surface area contributed by atoms with Crippen molar-refractivity contribution in [3.05, 3.63) is 35.9 Å². The van der Waals surface area contributed by atoms with Crippen molar-refractivity contribution in [2.45, 2.75) is 37.6 Å². The van der Waals surface area contributed by atoms with Gasteiger partial charge in [-0.05, 0) is 12.1 Å². The second-order valence-electron chi connectivity index (χ2n) is 5.20. The summed E-state index contributed by atoms with van der Waals surface area (Å²) in [6.07, 6.45) is -5.35. The molecule has 1 aromatic rings. The topological polar surface area (TPSA) is 125 Å². The maximum absolute atomic E-state index is 12.2. The molecule has 1 amide bonds. The summed E-state index contributed by atoms with van der Waals surface area (Å²) in [6.45, 7) is 0.637. The van der Waals surface area contributed by atoms with E-state index >= 15 is 0 Å². The quantitative estimate of drug-likeness (QED) is 0.512. The highest BCUT2D eigenvalue weighted by Gasteiger charge is 2.47. The summed E-state index contributed by atoms with van der Waals surface area (Å²) in [5.41, 5.74) is 0.253. The van der Waals surface area contributed by atoms with Crippen molar-refractivity contribution < 1.29 is 34.4 Å². The second-order valence-corrected chi connectivity index (χ2v) is 5.20. The average molecular weight is 325 g/mol. The van der Waals surface area contributed by atoms with Gasteiger partial charge in [-0.3, -0.25) is 4.79 Å². The van der Waals surface area contributed by atoms with Gasteiger partial charge in [-0.2, -0.15) is 0 Å². The molecule has 1 aliphatic heterocycles. The number of hydrogen-bond donors (Lipinski definition) is 4. The molecule has 0 aliphatic carbocycles. The number of benzene rings is 1. The summed E-state index contributed by atoms with van der Waals surface area (Å²) in [7, 11) is 0. The Morgan fingerprint density at radius 2 is 1.91 bits per heavy atom. The van der Waals surface area contributed by atoms with Gasteiger partial charge in [0.1, 0.15) is 18.2 Å². The first-order valence-electron chi connectivity index (χ1n) is 7.09. The summed E-state index contributed by atoms with van der Waals surface area (Å²) >= 11 is 0. The zero-order valence-corrected chi connectivity index (χ0v) is 12.5. The SMILES string of the molecule is CC(=O)N[C@H]1[C@H](OC(=O)c2ccccc2)[C@H](O)[C@H](CO)O[C@@H]1O. The first-order chi connectivity index (χ1) is 10.9. The van der Waals surface area contributed by atoms with Gasteiger partial charge in [0.15, 0.2) is 12.4 Å². The Hall–Kier alpha value is -2.00. The Balaban J connectivity index is 2.21. The van der Waals surface area contributed by atoms with Crippen LogP contribution in [0, 0.1) is 0 Å². The molecule has 2 rings (SSSR count). The number of nitrogens with one attached hydrogen (secondary N) is 1. The summed E-state index contributed by atoms with van der Waals surface area (Å²) in [5.74, 6) is -1.22. The van der Waals surface area contributed by atoms with Crippen LogP contribution in [0.3, 0.4) is 0 Å². The fourth-order valence-corrected chi connectivity index (χ4v) is 2.38. The Kier molecular flexibility index (Phi) is 5.67. The van der Waals surface area contributed by atoms with E-state index in [0.29, 0.717) is 0 Å². The maximum Gasteiger partial charge on any atom is 0.338 e. The third-order valence-corrected chi connectivity index (χ3v) is 3.50. The molecular formula is C15H19NO7. The van der Waals surface area contributed by atoms with Crippen LogP contribution in [-0.2, 0) is 14.3 Å². The number of esters is 1. The molecule has 23 heavy (non-hydrogen) atoms. The predicted molar refractivity (Wildman–Crippen MR) is 77.2 cm³/mol. The van der Waals surface area contributed by atoms with E-state index in [0.717, 1.165) is 0 Å². The third-order valence-electron chi connectivity index (χ3n) is 3.50. The normalized spacial score (nSPS) is 30.5. The molecule has 0 radical (unpaired) electrons. The maximum atomic E-state index is 12.2. The summed E-state index contributed by atoms with van der Waals surface area (Å²) in [6, 6.07) is 6.92. The third kappa shape index (κ3) is 4.05. The summed E-state index contributed by atoms with van der Waals surface area (Å²) in [4.78, 5) is 23.4. The van der Waals surface area contributed by atoms with E-state index in [2.05, 4.69) is 5.32 Å². The van der Waals surface area contributed by atoms with Crippen molar-refractivity contribution >= 4 is 11.9 Å². The number of aliphatic hydroxyl groups excluding tert-OH is 3. The van der Waals surface area contributed by atoms with Crippen LogP contribution in [0.2, 0.25) is 0 Å². The van der Waals surface area contributed by atoms with E-state index in [4.69, 9.17) is 9.47 Å². The van der Waals surface area contributed by atoms with Crippen molar-refractivity contribution in [1.29, 1.82) is 0 Å². The van der Waals surface area contributed by atoms with Gasteiger partial charge in [-0.15, -0.1) is 0 Å². The Morgan fingerprint density at radius 1 is 1.26 bits per heavy atom. The van der Waals surface area contributed by atoms with Gasteiger partial charge in [-0.1, -0.05) is 18.2 Å². The van der Waals surface area contributed by atoms with E-state index in [1.54, 1.807) is 18.2 Å².